The van der Waals surface area contributed by atoms with Crippen LogP contribution in [0.2, 0.25) is 0 Å². The van der Waals surface area contributed by atoms with Crippen molar-refractivity contribution in [1.82, 2.24) is 14.9 Å². The molecule has 0 N–H and O–H groups in total. The number of carbonyl (C=O) groups excluding carboxylic acids is 2. The molecule has 1 aliphatic heterocycles. The number of methoxy groups -OCH3 is 1. The maximum Gasteiger partial charge on any atom is 0.333 e. The van der Waals surface area contributed by atoms with Gasteiger partial charge in [-0.25, -0.2) is 19.2 Å². The fourth-order valence-electron chi connectivity index (χ4n) is 2.91. The molecule has 1 aliphatic rings. The zero-order valence-corrected chi connectivity index (χ0v) is 13.3. The third-order valence-corrected chi connectivity index (χ3v) is 4.12. The van der Waals surface area contributed by atoms with Crippen molar-refractivity contribution < 1.29 is 18.7 Å². The van der Waals surface area contributed by atoms with E-state index in [9.17, 15) is 14.0 Å². The fraction of sp³-hybridized carbons (Fsp3) is 0.294. The number of aryl methyl sites for hydroxylation is 1. The summed E-state index contributed by atoms with van der Waals surface area (Å²) < 4.78 is 18.5. The maximum atomic E-state index is 13.6. The van der Waals surface area contributed by atoms with Crippen molar-refractivity contribution >= 4 is 11.9 Å². The van der Waals surface area contributed by atoms with E-state index in [0.717, 1.165) is 0 Å². The Labute approximate surface area is 138 Å². The number of esters is 1. The van der Waals surface area contributed by atoms with Gasteiger partial charge in [-0.3, -0.25) is 4.79 Å². The van der Waals surface area contributed by atoms with Crippen LogP contribution in [0.25, 0.3) is 0 Å². The summed E-state index contributed by atoms with van der Waals surface area (Å²) >= 11 is 0. The van der Waals surface area contributed by atoms with Crippen LogP contribution in [-0.4, -0.2) is 33.9 Å². The smallest absolute Gasteiger partial charge is 0.333 e. The third kappa shape index (κ3) is 2.62. The highest BCUT2D eigenvalue weighted by Crippen LogP contribution is 2.34. The standard InChI is InChI=1S/C17H16FN3O3/c1-3-10-4-5-11(18)6-12(10)16(22)21-8-14-13(7-19-9-20-14)15(21)17(23)24-2/h4-7,9,15H,3,8H2,1-2H3. The van der Waals surface area contributed by atoms with Crippen molar-refractivity contribution in [2.24, 2.45) is 0 Å². The third-order valence-electron chi connectivity index (χ3n) is 4.12. The SMILES string of the molecule is CCc1ccc(F)cc1C(=O)N1Cc2ncncc2C1C(=O)OC. The minimum Gasteiger partial charge on any atom is -0.467 e. The first kappa shape index (κ1) is 16.0. The number of benzene rings is 1. The second-order valence-corrected chi connectivity index (χ2v) is 5.44. The highest BCUT2D eigenvalue weighted by Gasteiger charge is 2.41. The molecule has 1 atom stereocenters. The van der Waals surface area contributed by atoms with Gasteiger partial charge in [0.2, 0.25) is 0 Å². The van der Waals surface area contributed by atoms with Crippen LogP contribution in [0.5, 0.6) is 0 Å². The summed E-state index contributed by atoms with van der Waals surface area (Å²) in [5.74, 6) is -1.51. The number of carbonyl (C=O) groups is 2. The van der Waals surface area contributed by atoms with E-state index in [-0.39, 0.29) is 12.1 Å². The van der Waals surface area contributed by atoms with Gasteiger partial charge in [-0.05, 0) is 24.1 Å². The Morgan fingerprint density at radius 2 is 2.21 bits per heavy atom. The Hall–Kier alpha value is -2.83. The average molecular weight is 329 g/mol. The Bertz CT molecular complexity index is 809. The van der Waals surface area contributed by atoms with Gasteiger partial charge in [0.05, 0.1) is 19.3 Å². The second-order valence-electron chi connectivity index (χ2n) is 5.44. The molecule has 0 saturated carbocycles. The number of hydrogen-bond acceptors (Lipinski definition) is 5. The molecule has 2 aromatic rings. The van der Waals surface area contributed by atoms with E-state index in [1.165, 1.54) is 36.7 Å². The molecular weight excluding hydrogens is 313 g/mol. The molecule has 1 amide bonds. The molecule has 2 heterocycles. The lowest BCUT2D eigenvalue weighted by Crippen LogP contribution is -2.35. The first-order chi connectivity index (χ1) is 11.6. The van der Waals surface area contributed by atoms with Gasteiger partial charge in [0.15, 0.2) is 6.04 Å². The molecule has 1 unspecified atom stereocenters. The minimum atomic E-state index is -0.924. The lowest BCUT2D eigenvalue weighted by Gasteiger charge is -2.24. The summed E-state index contributed by atoms with van der Waals surface area (Å²) in [6, 6.07) is 3.17. The van der Waals surface area contributed by atoms with Crippen LogP contribution in [0.3, 0.4) is 0 Å². The molecule has 0 bridgehead atoms. The number of aromatic nitrogens is 2. The van der Waals surface area contributed by atoms with Crippen LogP contribution in [0.4, 0.5) is 4.39 Å². The van der Waals surface area contributed by atoms with E-state index in [2.05, 4.69) is 9.97 Å². The Balaban J connectivity index is 2.04. The summed E-state index contributed by atoms with van der Waals surface area (Å²) in [7, 11) is 1.26. The molecule has 0 radical (unpaired) electrons. The summed E-state index contributed by atoms with van der Waals surface area (Å²) in [5, 5.41) is 0. The average Bonchev–Trinajstić information content (AvgIpc) is 2.99. The van der Waals surface area contributed by atoms with E-state index in [4.69, 9.17) is 4.74 Å². The van der Waals surface area contributed by atoms with Crippen LogP contribution in [0, 0.1) is 5.82 Å². The van der Waals surface area contributed by atoms with Gasteiger partial charge < -0.3 is 9.64 Å². The number of halogens is 1. The summed E-state index contributed by atoms with van der Waals surface area (Å²) in [6.07, 6.45) is 3.44. The van der Waals surface area contributed by atoms with Gasteiger partial charge in [0.1, 0.15) is 12.1 Å². The van der Waals surface area contributed by atoms with Crippen molar-refractivity contribution in [3.8, 4) is 0 Å². The molecule has 24 heavy (non-hydrogen) atoms. The van der Waals surface area contributed by atoms with E-state index in [1.54, 1.807) is 6.07 Å². The Kier molecular flexibility index (Phi) is 4.24. The first-order valence-electron chi connectivity index (χ1n) is 7.52. The molecule has 7 heteroatoms. The maximum absolute atomic E-state index is 13.6. The zero-order chi connectivity index (χ0) is 17.3. The van der Waals surface area contributed by atoms with Crippen molar-refractivity contribution in [2.45, 2.75) is 25.9 Å². The number of nitrogens with zero attached hydrogens (tertiary/aromatic N) is 3. The van der Waals surface area contributed by atoms with Crippen LogP contribution in [0.1, 0.15) is 40.1 Å². The van der Waals surface area contributed by atoms with E-state index in [1.807, 2.05) is 6.92 Å². The fourth-order valence-corrected chi connectivity index (χ4v) is 2.91. The van der Waals surface area contributed by atoms with Crippen LogP contribution in [-0.2, 0) is 22.5 Å². The van der Waals surface area contributed by atoms with Gasteiger partial charge in [-0.1, -0.05) is 13.0 Å². The van der Waals surface area contributed by atoms with Crippen molar-refractivity contribution in [3.63, 3.8) is 0 Å². The molecule has 0 aliphatic carbocycles. The predicted molar refractivity (Wildman–Crippen MR) is 82.4 cm³/mol. The van der Waals surface area contributed by atoms with E-state index < -0.39 is 23.7 Å². The largest absolute Gasteiger partial charge is 0.467 e. The highest BCUT2D eigenvalue weighted by atomic mass is 19.1. The van der Waals surface area contributed by atoms with E-state index in [0.29, 0.717) is 23.2 Å². The van der Waals surface area contributed by atoms with Crippen LogP contribution >= 0.6 is 0 Å². The number of amides is 1. The number of rotatable bonds is 3. The molecule has 0 fully saturated rings. The molecule has 3 rings (SSSR count). The molecule has 1 aromatic heterocycles. The zero-order valence-electron chi connectivity index (χ0n) is 13.3. The summed E-state index contributed by atoms with van der Waals surface area (Å²) in [6.45, 7) is 2.03. The quantitative estimate of drug-likeness (QED) is 0.806. The van der Waals surface area contributed by atoms with Crippen molar-refractivity contribution in [2.75, 3.05) is 7.11 Å². The van der Waals surface area contributed by atoms with Gasteiger partial charge in [-0.2, -0.15) is 0 Å². The molecular formula is C17H16FN3O3. The molecule has 0 saturated heterocycles. The van der Waals surface area contributed by atoms with Gasteiger partial charge >= 0.3 is 5.97 Å². The van der Waals surface area contributed by atoms with E-state index >= 15 is 0 Å². The van der Waals surface area contributed by atoms with Gasteiger partial charge in [0.25, 0.3) is 5.91 Å². The summed E-state index contributed by atoms with van der Waals surface area (Å²) in [4.78, 5) is 34.6. The molecule has 1 aromatic carbocycles. The number of fused-ring (bicyclic) bond motifs is 1. The van der Waals surface area contributed by atoms with Crippen LogP contribution < -0.4 is 0 Å². The minimum absolute atomic E-state index is 0.149. The Morgan fingerprint density at radius 1 is 1.42 bits per heavy atom. The highest BCUT2D eigenvalue weighted by molar-refractivity contribution is 5.99. The van der Waals surface area contributed by atoms with Gasteiger partial charge in [-0.15, -0.1) is 0 Å². The lowest BCUT2D eigenvalue weighted by molar-refractivity contribution is -0.145. The molecule has 0 spiro atoms. The van der Waals surface area contributed by atoms with Crippen LogP contribution in [0.15, 0.2) is 30.7 Å². The molecule has 124 valence electrons. The Morgan fingerprint density at radius 3 is 2.92 bits per heavy atom. The number of ether oxygens (including phenoxy) is 1. The number of hydrogen-bond donors (Lipinski definition) is 0. The van der Waals surface area contributed by atoms with Crippen molar-refractivity contribution in [3.05, 3.63) is 58.9 Å². The first-order valence-corrected chi connectivity index (χ1v) is 7.52. The second kappa shape index (κ2) is 6.35. The normalized spacial score (nSPS) is 16.0. The predicted octanol–water partition coefficient (Wildman–Crippen LogP) is 2.05. The summed E-state index contributed by atoms with van der Waals surface area (Å²) in [5.41, 5.74) is 2.08. The topological polar surface area (TPSA) is 72.4 Å². The lowest BCUT2D eigenvalue weighted by atomic mass is 10.0. The van der Waals surface area contributed by atoms with Crippen molar-refractivity contribution in [1.29, 1.82) is 0 Å². The van der Waals surface area contributed by atoms with Gasteiger partial charge in [0, 0.05) is 17.3 Å². The molecule has 6 nitrogen and oxygen atoms in total. The monoisotopic (exact) mass is 329 g/mol.